The van der Waals surface area contributed by atoms with Crippen molar-refractivity contribution >= 4 is 16.9 Å². The molecule has 0 N–H and O–H groups in total. The van der Waals surface area contributed by atoms with E-state index in [1.165, 1.54) is 18.7 Å². The molecular weight excluding hydrogens is 268 g/mol. The first-order chi connectivity index (χ1) is 9.15. The van der Waals surface area contributed by atoms with Gasteiger partial charge in [-0.1, -0.05) is 11.8 Å². The van der Waals surface area contributed by atoms with Gasteiger partial charge in [-0.15, -0.1) is 0 Å². The largest absolute Gasteiger partial charge is 0.467 e. The van der Waals surface area contributed by atoms with Crippen molar-refractivity contribution < 1.29 is 23.7 Å². The Kier molecular flexibility index (Phi) is 7.32. The molecule has 1 rings (SSSR count). The summed E-state index contributed by atoms with van der Waals surface area (Å²) in [5.41, 5.74) is 0.944. The number of methoxy groups -OCH3 is 2. The molecule has 0 aliphatic heterocycles. The Morgan fingerprint density at radius 3 is 2.00 bits per heavy atom. The van der Waals surface area contributed by atoms with E-state index in [2.05, 4.69) is 0 Å². The lowest BCUT2D eigenvalue weighted by Crippen LogP contribution is -2.02. The highest BCUT2D eigenvalue weighted by atomic mass is 32.2. The molecule has 0 radical (unpaired) electrons. The Bertz CT molecular complexity index is 382. The van der Waals surface area contributed by atoms with Crippen LogP contribution in [0.5, 0.6) is 11.5 Å². The van der Waals surface area contributed by atoms with Crippen LogP contribution >= 0.6 is 11.8 Å². The smallest absolute Gasteiger partial charge is 0.188 e. The summed E-state index contributed by atoms with van der Waals surface area (Å²) >= 11 is 1.24. The average Bonchev–Trinajstić information content (AvgIpc) is 2.40. The molecule has 5 nitrogen and oxygen atoms in total. The van der Waals surface area contributed by atoms with E-state index in [0.29, 0.717) is 17.3 Å². The third-order valence-electron chi connectivity index (χ3n) is 2.07. The molecule has 1 aromatic carbocycles. The second-order valence-corrected chi connectivity index (χ2v) is 4.85. The van der Waals surface area contributed by atoms with Gasteiger partial charge in [-0.2, -0.15) is 0 Å². The van der Waals surface area contributed by atoms with Crippen molar-refractivity contribution in [2.24, 2.45) is 0 Å². The zero-order valence-corrected chi connectivity index (χ0v) is 12.1. The topological polar surface area (TPSA) is 54.0 Å². The molecule has 0 bridgehead atoms. The van der Waals surface area contributed by atoms with E-state index >= 15 is 0 Å². The summed E-state index contributed by atoms with van der Waals surface area (Å²) in [4.78, 5) is 11.0. The van der Waals surface area contributed by atoms with Crippen LogP contribution in [0.15, 0.2) is 18.2 Å². The van der Waals surface area contributed by atoms with E-state index in [4.69, 9.17) is 18.9 Å². The van der Waals surface area contributed by atoms with E-state index in [9.17, 15) is 4.79 Å². The van der Waals surface area contributed by atoms with Crippen LogP contribution in [-0.2, 0) is 20.0 Å². The SMILES string of the molecule is COCOc1cc(CSC(C)=O)cc(OCOC)c1. The number of thioether (sulfide) groups is 1. The van der Waals surface area contributed by atoms with Crippen molar-refractivity contribution in [1.82, 2.24) is 0 Å². The maximum absolute atomic E-state index is 11.0. The van der Waals surface area contributed by atoms with Crippen molar-refractivity contribution in [2.75, 3.05) is 27.8 Å². The van der Waals surface area contributed by atoms with E-state index in [1.54, 1.807) is 20.3 Å². The number of hydrogen-bond donors (Lipinski definition) is 0. The molecule has 19 heavy (non-hydrogen) atoms. The summed E-state index contributed by atoms with van der Waals surface area (Å²) in [6.07, 6.45) is 0. The fourth-order valence-corrected chi connectivity index (χ4v) is 1.86. The molecule has 1 aromatic rings. The molecule has 106 valence electrons. The highest BCUT2D eigenvalue weighted by molar-refractivity contribution is 8.12. The molecule has 0 spiro atoms. The minimum Gasteiger partial charge on any atom is -0.467 e. The maximum Gasteiger partial charge on any atom is 0.188 e. The molecule has 0 aliphatic rings. The number of rotatable bonds is 8. The average molecular weight is 286 g/mol. The Balaban J connectivity index is 2.78. The minimum atomic E-state index is 0.0718. The third kappa shape index (κ3) is 6.47. The second kappa shape index (κ2) is 8.79. The van der Waals surface area contributed by atoms with Crippen LogP contribution in [0.4, 0.5) is 0 Å². The lowest BCUT2D eigenvalue weighted by Gasteiger charge is -2.11. The van der Waals surface area contributed by atoms with Gasteiger partial charge in [0.25, 0.3) is 0 Å². The van der Waals surface area contributed by atoms with Gasteiger partial charge in [-0.3, -0.25) is 4.79 Å². The number of ether oxygens (including phenoxy) is 4. The minimum absolute atomic E-state index is 0.0718. The zero-order valence-electron chi connectivity index (χ0n) is 11.3. The Morgan fingerprint density at radius 1 is 1.05 bits per heavy atom. The Hall–Kier alpha value is -1.24. The van der Waals surface area contributed by atoms with Crippen LogP contribution in [0.25, 0.3) is 0 Å². The van der Waals surface area contributed by atoms with Crippen LogP contribution in [0, 0.1) is 0 Å². The molecule has 0 unspecified atom stereocenters. The molecule has 0 saturated carbocycles. The second-order valence-electron chi connectivity index (χ2n) is 3.69. The quantitative estimate of drug-likeness (QED) is 0.684. The first-order valence-electron chi connectivity index (χ1n) is 5.66. The van der Waals surface area contributed by atoms with Crippen molar-refractivity contribution in [2.45, 2.75) is 12.7 Å². The summed E-state index contributed by atoms with van der Waals surface area (Å²) < 4.78 is 20.5. The van der Waals surface area contributed by atoms with E-state index in [-0.39, 0.29) is 18.7 Å². The molecule has 0 aliphatic carbocycles. The van der Waals surface area contributed by atoms with Gasteiger partial charge < -0.3 is 18.9 Å². The van der Waals surface area contributed by atoms with Gasteiger partial charge in [0.15, 0.2) is 18.7 Å². The van der Waals surface area contributed by atoms with Crippen LogP contribution in [0.2, 0.25) is 0 Å². The number of benzene rings is 1. The number of carbonyl (C=O) groups is 1. The van der Waals surface area contributed by atoms with Crippen LogP contribution in [0.3, 0.4) is 0 Å². The standard InChI is InChI=1S/C13H18O5S/c1-10(14)19-7-11-4-12(17-8-15-2)6-13(5-11)18-9-16-3/h4-6H,7-9H2,1-3H3. The highest BCUT2D eigenvalue weighted by Crippen LogP contribution is 2.26. The monoisotopic (exact) mass is 286 g/mol. The molecule has 0 amide bonds. The highest BCUT2D eigenvalue weighted by Gasteiger charge is 2.05. The van der Waals surface area contributed by atoms with E-state index in [0.717, 1.165) is 5.56 Å². The first-order valence-corrected chi connectivity index (χ1v) is 6.65. The van der Waals surface area contributed by atoms with Gasteiger partial charge in [0.1, 0.15) is 11.5 Å². The van der Waals surface area contributed by atoms with Crippen molar-refractivity contribution in [1.29, 1.82) is 0 Å². The molecule has 0 aromatic heterocycles. The Labute approximate surface area is 117 Å². The number of carbonyl (C=O) groups excluding carboxylic acids is 1. The molecule has 0 heterocycles. The summed E-state index contributed by atoms with van der Waals surface area (Å²) in [5.74, 6) is 1.84. The normalized spacial score (nSPS) is 10.3. The molecular formula is C13H18O5S. The van der Waals surface area contributed by atoms with Crippen molar-refractivity contribution in [3.05, 3.63) is 23.8 Å². The fourth-order valence-electron chi connectivity index (χ4n) is 1.32. The molecule has 6 heteroatoms. The predicted octanol–water partition coefficient (Wildman–Crippen LogP) is 2.43. The van der Waals surface area contributed by atoms with Gasteiger partial charge in [-0.05, 0) is 17.7 Å². The van der Waals surface area contributed by atoms with Crippen LogP contribution in [-0.4, -0.2) is 32.9 Å². The summed E-state index contributed by atoms with van der Waals surface area (Å²) in [6, 6.07) is 5.46. The molecule has 0 atom stereocenters. The van der Waals surface area contributed by atoms with E-state index < -0.39 is 0 Å². The molecule has 0 fully saturated rings. The summed E-state index contributed by atoms with van der Waals surface area (Å²) in [5, 5.41) is 0.0718. The van der Waals surface area contributed by atoms with Crippen molar-refractivity contribution in [3.63, 3.8) is 0 Å². The van der Waals surface area contributed by atoms with E-state index in [1.807, 2.05) is 12.1 Å². The summed E-state index contributed by atoms with van der Waals surface area (Å²) in [6.45, 7) is 1.86. The van der Waals surface area contributed by atoms with Gasteiger partial charge >= 0.3 is 0 Å². The third-order valence-corrected chi connectivity index (χ3v) is 2.95. The van der Waals surface area contributed by atoms with Gasteiger partial charge in [0.2, 0.25) is 0 Å². The Morgan fingerprint density at radius 2 is 1.58 bits per heavy atom. The lowest BCUT2D eigenvalue weighted by atomic mass is 10.2. The van der Waals surface area contributed by atoms with Crippen LogP contribution in [0.1, 0.15) is 12.5 Å². The van der Waals surface area contributed by atoms with Gasteiger partial charge in [-0.25, -0.2) is 0 Å². The number of hydrogen-bond acceptors (Lipinski definition) is 6. The zero-order chi connectivity index (χ0) is 14.1. The maximum atomic E-state index is 11.0. The fraction of sp³-hybridized carbons (Fsp3) is 0.462. The van der Waals surface area contributed by atoms with Gasteiger partial charge in [0.05, 0.1) is 0 Å². The lowest BCUT2D eigenvalue weighted by molar-refractivity contribution is -0.109. The van der Waals surface area contributed by atoms with Crippen LogP contribution < -0.4 is 9.47 Å². The predicted molar refractivity (Wildman–Crippen MR) is 73.4 cm³/mol. The summed E-state index contributed by atoms with van der Waals surface area (Å²) in [7, 11) is 3.11. The van der Waals surface area contributed by atoms with Crippen molar-refractivity contribution in [3.8, 4) is 11.5 Å². The van der Waals surface area contributed by atoms with Gasteiger partial charge in [0, 0.05) is 33.0 Å². The molecule has 0 saturated heterocycles. The first kappa shape index (κ1) is 15.8.